The molecule has 0 bridgehead atoms. The summed E-state index contributed by atoms with van der Waals surface area (Å²) >= 11 is 5.80. The molecule has 1 saturated carbocycles. The van der Waals surface area contributed by atoms with Gasteiger partial charge < -0.3 is 25.3 Å². The molecule has 0 radical (unpaired) electrons. The number of benzene rings is 1. The molecular weight excluding hydrogens is 387 g/mol. The third-order valence-electron chi connectivity index (χ3n) is 5.30. The van der Waals surface area contributed by atoms with E-state index in [9.17, 15) is 14.6 Å². The van der Waals surface area contributed by atoms with E-state index in [0.717, 1.165) is 11.1 Å². The molecule has 2 heterocycles. The Morgan fingerprint density at radius 2 is 2.07 bits per heavy atom. The molecule has 0 aliphatic heterocycles. The van der Waals surface area contributed by atoms with Crippen LogP contribution in [0.15, 0.2) is 30.7 Å². The quantitative estimate of drug-likeness (QED) is 0.612. The van der Waals surface area contributed by atoms with Crippen molar-refractivity contribution in [2.75, 3.05) is 0 Å². The summed E-state index contributed by atoms with van der Waals surface area (Å²) in [5.74, 6) is -0.438. The zero-order chi connectivity index (χ0) is 20.0. The molecule has 4 atom stereocenters. The van der Waals surface area contributed by atoms with Crippen molar-refractivity contribution in [1.29, 1.82) is 0 Å². The number of rotatable bonds is 4. The van der Waals surface area contributed by atoms with Gasteiger partial charge in [0.05, 0.1) is 16.8 Å². The highest BCUT2D eigenvalue weighted by Crippen LogP contribution is 2.37. The molecule has 3 aromatic rings. The predicted molar refractivity (Wildman–Crippen MR) is 102 cm³/mol. The first-order valence-electron chi connectivity index (χ1n) is 8.90. The second-order valence-corrected chi connectivity index (χ2v) is 7.31. The van der Waals surface area contributed by atoms with Gasteiger partial charge in [0, 0.05) is 30.1 Å². The summed E-state index contributed by atoms with van der Waals surface area (Å²) in [7, 11) is 0. The second kappa shape index (κ2) is 7.29. The number of nitrogens with zero attached hydrogens (tertiary/aromatic N) is 3. The number of aromatic nitrogens is 3. The number of nitrogens with two attached hydrogens (primary N) is 1. The molecule has 1 aromatic carbocycles. The van der Waals surface area contributed by atoms with Gasteiger partial charge in [-0.3, -0.25) is 0 Å². The zero-order valence-corrected chi connectivity index (χ0v) is 15.8. The van der Waals surface area contributed by atoms with E-state index in [-0.39, 0.29) is 22.9 Å². The first-order valence-corrected chi connectivity index (χ1v) is 9.28. The van der Waals surface area contributed by atoms with Crippen LogP contribution in [-0.4, -0.2) is 43.1 Å². The number of ether oxygens (including phenoxy) is 1. The van der Waals surface area contributed by atoms with Crippen molar-refractivity contribution in [2.24, 2.45) is 5.73 Å². The monoisotopic (exact) mass is 406 g/mol. The van der Waals surface area contributed by atoms with Crippen molar-refractivity contribution in [3.8, 4) is 5.75 Å². The maximum atomic E-state index is 14.2. The standard InChI is InChI=1S/C19H20ClFN4O3/c1-9-10-4-5-25(19(10)24-8-23-9)13-6-15(18(27)17(13)26)28-14-3-2-12(20)16(21)11(14)7-22/h2-5,8,13,15,17-18,26-27H,6-7,22H2,1H3/t13-,15+,17+,18-/m1/s1. The Bertz CT molecular complexity index is 1030. The summed E-state index contributed by atoms with van der Waals surface area (Å²) in [5.41, 5.74) is 7.26. The highest BCUT2D eigenvalue weighted by molar-refractivity contribution is 6.30. The average molecular weight is 407 g/mol. The van der Waals surface area contributed by atoms with Crippen LogP contribution in [0.1, 0.15) is 23.7 Å². The van der Waals surface area contributed by atoms with Crippen molar-refractivity contribution in [3.05, 3.63) is 52.8 Å². The fourth-order valence-corrected chi connectivity index (χ4v) is 3.94. The molecule has 0 spiro atoms. The van der Waals surface area contributed by atoms with Crippen LogP contribution in [0.2, 0.25) is 5.02 Å². The Morgan fingerprint density at radius 1 is 1.29 bits per heavy atom. The van der Waals surface area contributed by atoms with E-state index in [0.29, 0.717) is 12.1 Å². The molecule has 1 aliphatic carbocycles. The molecule has 0 saturated heterocycles. The number of hydrogen-bond donors (Lipinski definition) is 3. The Kier molecular flexibility index (Phi) is 4.96. The van der Waals surface area contributed by atoms with Gasteiger partial charge in [0.2, 0.25) is 0 Å². The number of halogens is 2. The number of aliphatic hydroxyl groups excluding tert-OH is 2. The van der Waals surface area contributed by atoms with E-state index < -0.39 is 30.2 Å². The van der Waals surface area contributed by atoms with E-state index in [2.05, 4.69) is 9.97 Å². The largest absolute Gasteiger partial charge is 0.487 e. The van der Waals surface area contributed by atoms with Crippen LogP contribution in [0.3, 0.4) is 0 Å². The summed E-state index contributed by atoms with van der Waals surface area (Å²) in [6, 6.07) is 4.31. The SMILES string of the molecule is Cc1ncnc2c1ccn2[C@@H]1C[C@H](Oc2ccc(Cl)c(F)c2CN)[C@@H](O)[C@H]1O. The van der Waals surface area contributed by atoms with Crippen LogP contribution in [0.25, 0.3) is 11.0 Å². The lowest BCUT2D eigenvalue weighted by atomic mass is 10.1. The molecular formula is C19H20ClFN4O3. The van der Waals surface area contributed by atoms with Gasteiger partial charge in [0.25, 0.3) is 0 Å². The van der Waals surface area contributed by atoms with Gasteiger partial charge in [-0.05, 0) is 25.1 Å². The minimum absolute atomic E-state index is 0.0495. The third-order valence-corrected chi connectivity index (χ3v) is 5.59. The molecule has 9 heteroatoms. The molecule has 4 N–H and O–H groups in total. The molecule has 148 valence electrons. The highest BCUT2D eigenvalue weighted by atomic mass is 35.5. The number of hydrogen-bond acceptors (Lipinski definition) is 6. The highest BCUT2D eigenvalue weighted by Gasteiger charge is 2.44. The average Bonchev–Trinajstić information content (AvgIpc) is 3.22. The summed E-state index contributed by atoms with van der Waals surface area (Å²) in [4.78, 5) is 8.47. The lowest BCUT2D eigenvalue weighted by Crippen LogP contribution is -2.34. The van der Waals surface area contributed by atoms with Crippen molar-refractivity contribution in [3.63, 3.8) is 0 Å². The molecule has 1 fully saturated rings. The Labute approximate surface area is 165 Å². The van der Waals surface area contributed by atoms with Crippen LogP contribution in [0.5, 0.6) is 5.75 Å². The van der Waals surface area contributed by atoms with Crippen molar-refractivity contribution >= 4 is 22.6 Å². The minimum atomic E-state index is -1.16. The fraction of sp³-hybridized carbons (Fsp3) is 0.368. The normalized spacial score (nSPS) is 24.8. The van der Waals surface area contributed by atoms with Gasteiger partial charge in [-0.25, -0.2) is 14.4 Å². The molecule has 0 amide bonds. The number of aliphatic hydroxyl groups is 2. The summed E-state index contributed by atoms with van der Waals surface area (Å²) in [6.07, 6.45) is 0.603. The molecule has 28 heavy (non-hydrogen) atoms. The second-order valence-electron chi connectivity index (χ2n) is 6.90. The number of aryl methyl sites for hydroxylation is 1. The van der Waals surface area contributed by atoms with Gasteiger partial charge >= 0.3 is 0 Å². The summed E-state index contributed by atoms with van der Waals surface area (Å²) in [6.45, 7) is 1.78. The Balaban J connectivity index is 1.64. The first kappa shape index (κ1) is 19.1. The smallest absolute Gasteiger partial charge is 0.149 e. The zero-order valence-electron chi connectivity index (χ0n) is 15.1. The van der Waals surface area contributed by atoms with E-state index in [1.54, 1.807) is 0 Å². The predicted octanol–water partition coefficient (Wildman–Crippen LogP) is 2.11. The topological polar surface area (TPSA) is 106 Å². The van der Waals surface area contributed by atoms with Crippen LogP contribution in [-0.2, 0) is 6.54 Å². The van der Waals surface area contributed by atoms with E-state index in [1.165, 1.54) is 18.5 Å². The van der Waals surface area contributed by atoms with Gasteiger partial charge in [-0.1, -0.05) is 11.6 Å². The van der Waals surface area contributed by atoms with E-state index in [1.807, 2.05) is 23.8 Å². The third kappa shape index (κ3) is 3.02. The maximum Gasteiger partial charge on any atom is 0.149 e. The molecule has 0 unspecified atom stereocenters. The van der Waals surface area contributed by atoms with Crippen molar-refractivity contribution < 1.29 is 19.3 Å². The molecule has 2 aromatic heterocycles. The van der Waals surface area contributed by atoms with Crippen molar-refractivity contribution in [2.45, 2.75) is 44.2 Å². The molecule has 7 nitrogen and oxygen atoms in total. The van der Waals surface area contributed by atoms with Gasteiger partial charge in [0.15, 0.2) is 0 Å². The van der Waals surface area contributed by atoms with E-state index >= 15 is 0 Å². The maximum absolute atomic E-state index is 14.2. The van der Waals surface area contributed by atoms with Gasteiger partial charge in [-0.2, -0.15) is 0 Å². The van der Waals surface area contributed by atoms with Gasteiger partial charge in [0.1, 0.15) is 41.9 Å². The van der Waals surface area contributed by atoms with Crippen molar-refractivity contribution in [1.82, 2.24) is 14.5 Å². The van der Waals surface area contributed by atoms with Crippen LogP contribution in [0, 0.1) is 12.7 Å². The fourth-order valence-electron chi connectivity index (χ4n) is 3.76. The summed E-state index contributed by atoms with van der Waals surface area (Å²) < 4.78 is 21.9. The lowest BCUT2D eigenvalue weighted by Gasteiger charge is -2.20. The Hall–Kier alpha value is -2.26. The lowest BCUT2D eigenvalue weighted by molar-refractivity contribution is -0.0166. The molecule has 4 rings (SSSR count). The summed E-state index contributed by atoms with van der Waals surface area (Å²) in [5, 5.41) is 22.0. The van der Waals surface area contributed by atoms with Gasteiger partial charge in [-0.15, -0.1) is 0 Å². The van der Waals surface area contributed by atoms with E-state index in [4.69, 9.17) is 22.1 Å². The minimum Gasteiger partial charge on any atom is -0.487 e. The number of fused-ring (bicyclic) bond motifs is 1. The van der Waals surface area contributed by atoms with Crippen LogP contribution >= 0.6 is 11.6 Å². The first-order chi connectivity index (χ1) is 13.4. The molecule has 1 aliphatic rings. The van der Waals surface area contributed by atoms with Crippen LogP contribution < -0.4 is 10.5 Å². The Morgan fingerprint density at radius 3 is 2.82 bits per heavy atom. The van der Waals surface area contributed by atoms with Crippen LogP contribution in [0.4, 0.5) is 4.39 Å².